The highest BCUT2D eigenvalue weighted by molar-refractivity contribution is 5.35. The third kappa shape index (κ3) is 2.48. The summed E-state index contributed by atoms with van der Waals surface area (Å²) in [6.07, 6.45) is 5.74. The quantitative estimate of drug-likeness (QED) is 0.923. The van der Waals surface area contributed by atoms with E-state index in [1.165, 1.54) is 37.0 Å². The van der Waals surface area contributed by atoms with Crippen LogP contribution < -0.4 is 5.32 Å². The zero-order valence-electron chi connectivity index (χ0n) is 11.9. The van der Waals surface area contributed by atoms with Crippen molar-refractivity contribution in [1.82, 2.24) is 15.1 Å². The zero-order valence-corrected chi connectivity index (χ0v) is 11.9. The van der Waals surface area contributed by atoms with Crippen molar-refractivity contribution in [2.24, 2.45) is 0 Å². The molecule has 1 aromatic carbocycles. The van der Waals surface area contributed by atoms with Crippen molar-refractivity contribution in [3.63, 3.8) is 0 Å². The number of benzene rings is 1. The van der Waals surface area contributed by atoms with Crippen molar-refractivity contribution < 1.29 is 4.39 Å². The monoisotopic (exact) mass is 273 g/mol. The van der Waals surface area contributed by atoms with E-state index in [-0.39, 0.29) is 11.9 Å². The molecule has 0 spiro atoms. The molecule has 1 saturated carbocycles. The fourth-order valence-electron chi connectivity index (χ4n) is 2.73. The molecule has 1 N–H and O–H groups in total. The maximum absolute atomic E-state index is 13.3. The van der Waals surface area contributed by atoms with Gasteiger partial charge in [-0.15, -0.1) is 0 Å². The van der Waals surface area contributed by atoms with Crippen LogP contribution in [0.4, 0.5) is 4.39 Å². The van der Waals surface area contributed by atoms with Crippen LogP contribution in [-0.2, 0) is 0 Å². The van der Waals surface area contributed by atoms with Crippen LogP contribution >= 0.6 is 0 Å². The Kier molecular flexibility index (Phi) is 3.57. The first-order valence-electron chi connectivity index (χ1n) is 7.21. The Bertz CT molecular complexity index is 602. The second kappa shape index (κ2) is 5.37. The topological polar surface area (TPSA) is 29.9 Å². The highest BCUT2D eigenvalue weighted by Crippen LogP contribution is 2.25. The molecule has 0 amide bonds. The van der Waals surface area contributed by atoms with Crippen LogP contribution in [-0.4, -0.2) is 15.8 Å². The molecule has 2 aromatic rings. The van der Waals surface area contributed by atoms with Gasteiger partial charge in [-0.05, 0) is 44.9 Å². The summed E-state index contributed by atoms with van der Waals surface area (Å²) in [4.78, 5) is 0. The Morgan fingerprint density at radius 1 is 1.40 bits per heavy atom. The Balaban J connectivity index is 1.84. The van der Waals surface area contributed by atoms with E-state index in [4.69, 9.17) is 0 Å². The van der Waals surface area contributed by atoms with Crippen molar-refractivity contribution in [3.05, 3.63) is 47.5 Å². The molecular weight excluding hydrogens is 253 g/mol. The van der Waals surface area contributed by atoms with Gasteiger partial charge in [-0.1, -0.05) is 12.5 Å². The zero-order chi connectivity index (χ0) is 14.1. The van der Waals surface area contributed by atoms with Gasteiger partial charge in [-0.2, -0.15) is 5.10 Å². The summed E-state index contributed by atoms with van der Waals surface area (Å²) in [5.74, 6) is -0.236. The third-order valence-electron chi connectivity index (χ3n) is 4.16. The van der Waals surface area contributed by atoms with E-state index in [9.17, 15) is 4.39 Å². The molecule has 3 nitrogen and oxygen atoms in total. The van der Waals surface area contributed by atoms with Gasteiger partial charge in [0.2, 0.25) is 0 Å². The SMILES string of the molecule is Cc1c([C@H](C)NC2CCC2)cnn1-c1cccc(F)c1. The number of rotatable bonds is 4. The normalized spacial score (nSPS) is 16.9. The van der Waals surface area contributed by atoms with Crippen molar-refractivity contribution in [1.29, 1.82) is 0 Å². The summed E-state index contributed by atoms with van der Waals surface area (Å²) in [7, 11) is 0. The Hall–Kier alpha value is -1.68. The molecule has 3 rings (SSSR count). The van der Waals surface area contributed by atoms with Gasteiger partial charge >= 0.3 is 0 Å². The highest BCUT2D eigenvalue weighted by atomic mass is 19.1. The lowest BCUT2D eigenvalue weighted by Gasteiger charge is -2.30. The van der Waals surface area contributed by atoms with E-state index in [0.717, 1.165) is 11.4 Å². The number of hydrogen-bond donors (Lipinski definition) is 1. The molecule has 0 radical (unpaired) electrons. The molecule has 0 unspecified atom stereocenters. The molecule has 1 heterocycles. The summed E-state index contributed by atoms with van der Waals surface area (Å²) in [5.41, 5.74) is 3.01. The summed E-state index contributed by atoms with van der Waals surface area (Å²) >= 11 is 0. The standard InChI is InChI=1S/C16H20FN3/c1-11(19-14-6-4-7-14)16-10-18-20(12(16)2)15-8-3-5-13(17)9-15/h3,5,8-11,14,19H,4,6-7H2,1-2H3/t11-/m0/s1. The van der Waals surface area contributed by atoms with Gasteiger partial charge in [0.25, 0.3) is 0 Å². The molecule has 106 valence electrons. The van der Waals surface area contributed by atoms with E-state index in [1.807, 2.05) is 19.2 Å². The van der Waals surface area contributed by atoms with Gasteiger partial charge in [-0.25, -0.2) is 9.07 Å². The fourth-order valence-corrected chi connectivity index (χ4v) is 2.73. The van der Waals surface area contributed by atoms with Crippen LogP contribution in [0.15, 0.2) is 30.5 Å². The molecule has 20 heavy (non-hydrogen) atoms. The van der Waals surface area contributed by atoms with Gasteiger partial charge < -0.3 is 5.32 Å². The van der Waals surface area contributed by atoms with Crippen molar-refractivity contribution in [2.75, 3.05) is 0 Å². The minimum Gasteiger partial charge on any atom is -0.307 e. The maximum Gasteiger partial charge on any atom is 0.125 e. The van der Waals surface area contributed by atoms with Gasteiger partial charge in [0.1, 0.15) is 5.82 Å². The minimum absolute atomic E-state index is 0.236. The van der Waals surface area contributed by atoms with Crippen LogP contribution in [0, 0.1) is 12.7 Å². The largest absolute Gasteiger partial charge is 0.307 e. The molecule has 1 aliphatic rings. The fraction of sp³-hybridized carbons (Fsp3) is 0.438. The molecule has 1 aromatic heterocycles. The van der Waals surface area contributed by atoms with Crippen LogP contribution in [0.25, 0.3) is 5.69 Å². The average Bonchev–Trinajstić information content (AvgIpc) is 2.75. The third-order valence-corrected chi connectivity index (χ3v) is 4.16. The number of nitrogens with one attached hydrogen (secondary N) is 1. The lowest BCUT2D eigenvalue weighted by molar-refractivity contribution is 0.313. The predicted molar refractivity (Wildman–Crippen MR) is 77.4 cm³/mol. The number of aromatic nitrogens is 2. The van der Waals surface area contributed by atoms with Gasteiger partial charge in [0.05, 0.1) is 11.9 Å². The minimum atomic E-state index is -0.236. The highest BCUT2D eigenvalue weighted by Gasteiger charge is 2.22. The van der Waals surface area contributed by atoms with Gasteiger partial charge in [-0.3, -0.25) is 0 Å². The molecule has 0 aliphatic heterocycles. The first-order chi connectivity index (χ1) is 9.65. The van der Waals surface area contributed by atoms with Crippen LogP contribution in [0.2, 0.25) is 0 Å². The molecule has 1 fully saturated rings. The van der Waals surface area contributed by atoms with Crippen LogP contribution in [0.3, 0.4) is 0 Å². The summed E-state index contributed by atoms with van der Waals surface area (Å²) in [5, 5.41) is 8.03. The number of hydrogen-bond acceptors (Lipinski definition) is 2. The Labute approximate surface area is 118 Å². The van der Waals surface area contributed by atoms with Gasteiger partial charge in [0, 0.05) is 23.3 Å². The van der Waals surface area contributed by atoms with E-state index >= 15 is 0 Å². The van der Waals surface area contributed by atoms with Crippen molar-refractivity contribution in [3.8, 4) is 5.69 Å². The lowest BCUT2D eigenvalue weighted by Crippen LogP contribution is -2.36. The van der Waals surface area contributed by atoms with Crippen molar-refractivity contribution in [2.45, 2.75) is 45.2 Å². The maximum atomic E-state index is 13.3. The summed E-state index contributed by atoms with van der Waals surface area (Å²) in [6, 6.07) is 7.46. The Morgan fingerprint density at radius 2 is 2.20 bits per heavy atom. The first kappa shape index (κ1) is 13.3. The number of halogens is 1. The van der Waals surface area contributed by atoms with Crippen LogP contribution in [0.1, 0.15) is 43.5 Å². The van der Waals surface area contributed by atoms with E-state index < -0.39 is 0 Å². The number of nitrogens with zero attached hydrogens (tertiary/aromatic N) is 2. The summed E-state index contributed by atoms with van der Waals surface area (Å²) < 4.78 is 15.1. The molecule has 1 aliphatic carbocycles. The molecule has 0 bridgehead atoms. The second-order valence-corrected chi connectivity index (χ2v) is 5.59. The molecule has 1 atom stereocenters. The second-order valence-electron chi connectivity index (χ2n) is 5.59. The predicted octanol–water partition coefficient (Wildman–Crippen LogP) is 3.52. The Morgan fingerprint density at radius 3 is 2.85 bits per heavy atom. The first-order valence-corrected chi connectivity index (χ1v) is 7.21. The molecule has 4 heteroatoms. The smallest absolute Gasteiger partial charge is 0.125 e. The molecule has 0 saturated heterocycles. The summed E-state index contributed by atoms with van der Waals surface area (Å²) in [6.45, 7) is 4.20. The van der Waals surface area contributed by atoms with Crippen LogP contribution in [0.5, 0.6) is 0 Å². The van der Waals surface area contributed by atoms with E-state index in [1.54, 1.807) is 10.7 Å². The average molecular weight is 273 g/mol. The lowest BCUT2D eigenvalue weighted by atomic mass is 9.92. The van der Waals surface area contributed by atoms with Crippen molar-refractivity contribution >= 4 is 0 Å². The molecular formula is C16H20FN3. The van der Waals surface area contributed by atoms with E-state index in [2.05, 4.69) is 17.3 Å². The van der Waals surface area contributed by atoms with Gasteiger partial charge in [0.15, 0.2) is 0 Å². The van der Waals surface area contributed by atoms with E-state index in [0.29, 0.717) is 6.04 Å².